The number of piperidine rings is 1. The third-order valence-electron chi connectivity index (χ3n) is 5.73. The van der Waals surface area contributed by atoms with Gasteiger partial charge >= 0.3 is 5.97 Å². The molecule has 0 spiro atoms. The molecule has 0 aliphatic carbocycles. The summed E-state index contributed by atoms with van der Waals surface area (Å²) in [4.78, 5) is 43.2. The Morgan fingerprint density at radius 2 is 1.79 bits per heavy atom. The van der Waals surface area contributed by atoms with Crippen LogP contribution in [0.3, 0.4) is 0 Å². The summed E-state index contributed by atoms with van der Waals surface area (Å²) in [6.45, 7) is 4.57. The number of anilines is 2. The number of nitrogens with zero attached hydrogens (tertiary/aromatic N) is 2. The first-order valence-electron chi connectivity index (χ1n) is 11.1. The fraction of sp³-hybridized carbons (Fsp3) is 0.360. The number of hydrogen-bond acceptors (Lipinski definition) is 7. The van der Waals surface area contributed by atoms with Gasteiger partial charge in [-0.1, -0.05) is 26.0 Å². The van der Waals surface area contributed by atoms with Crippen LogP contribution >= 0.6 is 0 Å². The molecule has 1 fully saturated rings. The maximum Gasteiger partial charge on any atom is 0.309 e. The predicted octanol–water partition coefficient (Wildman–Crippen LogP) is 4.06. The van der Waals surface area contributed by atoms with E-state index in [-0.39, 0.29) is 36.1 Å². The van der Waals surface area contributed by atoms with Gasteiger partial charge < -0.3 is 19.4 Å². The number of aromatic nitrogens is 1. The Balaban J connectivity index is 1.24. The van der Waals surface area contributed by atoms with E-state index in [1.165, 1.54) is 0 Å². The topological polar surface area (TPSA) is 102 Å². The molecule has 0 unspecified atom stereocenters. The van der Waals surface area contributed by atoms with Crippen molar-refractivity contribution in [1.29, 1.82) is 0 Å². The quantitative estimate of drug-likeness (QED) is 0.429. The number of esters is 1. The number of fused-ring (bicyclic) bond motifs is 1. The third kappa shape index (κ3) is 5.39. The lowest BCUT2D eigenvalue weighted by molar-refractivity contribution is -0.148. The van der Waals surface area contributed by atoms with Gasteiger partial charge in [0.05, 0.1) is 5.92 Å². The summed E-state index contributed by atoms with van der Waals surface area (Å²) < 4.78 is 11.1. The predicted molar refractivity (Wildman–Crippen MR) is 124 cm³/mol. The van der Waals surface area contributed by atoms with Gasteiger partial charge in [-0.2, -0.15) is 4.98 Å². The highest BCUT2D eigenvalue weighted by Crippen LogP contribution is 2.26. The molecule has 1 saturated heterocycles. The first-order chi connectivity index (χ1) is 15.9. The number of hydrogen-bond donors (Lipinski definition) is 1. The average Bonchev–Trinajstić information content (AvgIpc) is 3.27. The molecule has 3 aromatic rings. The fourth-order valence-electron chi connectivity index (χ4n) is 3.67. The molecule has 8 nitrogen and oxygen atoms in total. The zero-order valence-electron chi connectivity index (χ0n) is 18.7. The van der Waals surface area contributed by atoms with Crippen LogP contribution in [0.2, 0.25) is 0 Å². The van der Waals surface area contributed by atoms with Crippen LogP contribution < -0.4 is 10.2 Å². The van der Waals surface area contributed by atoms with Gasteiger partial charge in [-0.15, -0.1) is 0 Å². The van der Waals surface area contributed by atoms with Gasteiger partial charge in [0.25, 0.3) is 6.01 Å². The van der Waals surface area contributed by atoms with E-state index in [1.807, 2.05) is 29.2 Å². The molecular weight excluding hydrogens is 422 g/mol. The number of Topliss-reactive ketones (excluding diaryl/α,β-unsaturated/α-hetero) is 1. The van der Waals surface area contributed by atoms with Gasteiger partial charge in [0.2, 0.25) is 5.91 Å². The van der Waals surface area contributed by atoms with E-state index in [9.17, 15) is 14.4 Å². The number of ketones is 1. The second kappa shape index (κ2) is 9.85. The zero-order valence-corrected chi connectivity index (χ0v) is 18.7. The van der Waals surface area contributed by atoms with Crippen LogP contribution in [-0.4, -0.2) is 42.3 Å². The summed E-state index contributed by atoms with van der Waals surface area (Å²) in [6.07, 6.45) is 1.21. The average molecular weight is 450 g/mol. The summed E-state index contributed by atoms with van der Waals surface area (Å²) in [5.41, 5.74) is 2.59. The molecule has 1 amide bonds. The standard InChI is InChI=1S/C25H27N3O5/c1-16(2)23(30)26-19-9-7-17(8-10-19)21(29)15-32-24(31)18-11-13-28(14-12-18)25-27-20-5-3-4-6-22(20)33-25/h3-10,16,18H,11-15H2,1-2H3,(H,26,30). The highest BCUT2D eigenvalue weighted by molar-refractivity contribution is 5.99. The number of para-hydroxylation sites is 2. The van der Waals surface area contributed by atoms with Crippen molar-refractivity contribution in [2.24, 2.45) is 11.8 Å². The van der Waals surface area contributed by atoms with Crippen LogP contribution in [0.15, 0.2) is 52.9 Å². The van der Waals surface area contributed by atoms with E-state index in [0.29, 0.717) is 43.2 Å². The SMILES string of the molecule is CC(C)C(=O)Nc1ccc(C(=O)COC(=O)C2CCN(c3nc4ccccc4o3)CC2)cc1. The molecule has 2 heterocycles. The van der Waals surface area contributed by atoms with Gasteiger partial charge in [0.15, 0.2) is 18.0 Å². The Bertz CT molecular complexity index is 1110. The van der Waals surface area contributed by atoms with Crippen molar-refractivity contribution >= 4 is 40.5 Å². The molecule has 1 aliphatic heterocycles. The summed E-state index contributed by atoms with van der Waals surface area (Å²) in [6, 6.07) is 14.7. The first-order valence-corrected chi connectivity index (χ1v) is 11.1. The van der Waals surface area contributed by atoms with Gasteiger partial charge in [0.1, 0.15) is 5.52 Å². The van der Waals surface area contributed by atoms with E-state index in [1.54, 1.807) is 38.1 Å². The Labute approximate surface area is 191 Å². The lowest BCUT2D eigenvalue weighted by Crippen LogP contribution is -2.37. The minimum absolute atomic E-state index is 0.0924. The largest absolute Gasteiger partial charge is 0.457 e. The Morgan fingerprint density at radius 3 is 2.45 bits per heavy atom. The van der Waals surface area contributed by atoms with Gasteiger partial charge in [-0.05, 0) is 49.2 Å². The minimum Gasteiger partial charge on any atom is -0.457 e. The number of oxazole rings is 1. The van der Waals surface area contributed by atoms with Crippen LogP contribution in [0.5, 0.6) is 0 Å². The molecule has 172 valence electrons. The molecule has 0 bridgehead atoms. The van der Waals surface area contributed by atoms with Crippen molar-refractivity contribution in [3.63, 3.8) is 0 Å². The van der Waals surface area contributed by atoms with Crippen LogP contribution in [0.4, 0.5) is 11.7 Å². The van der Waals surface area contributed by atoms with Crippen molar-refractivity contribution in [3.05, 3.63) is 54.1 Å². The monoisotopic (exact) mass is 449 g/mol. The highest BCUT2D eigenvalue weighted by Gasteiger charge is 2.28. The lowest BCUT2D eigenvalue weighted by atomic mass is 9.97. The molecule has 1 aliphatic rings. The van der Waals surface area contributed by atoms with E-state index in [4.69, 9.17) is 9.15 Å². The summed E-state index contributed by atoms with van der Waals surface area (Å²) in [7, 11) is 0. The van der Waals surface area contributed by atoms with Crippen molar-refractivity contribution in [3.8, 4) is 0 Å². The van der Waals surface area contributed by atoms with Crippen molar-refractivity contribution in [2.75, 3.05) is 29.9 Å². The van der Waals surface area contributed by atoms with Crippen LogP contribution in [-0.2, 0) is 14.3 Å². The molecule has 33 heavy (non-hydrogen) atoms. The lowest BCUT2D eigenvalue weighted by Gasteiger charge is -2.29. The number of carbonyl (C=O) groups excluding carboxylic acids is 3. The van der Waals surface area contributed by atoms with Crippen LogP contribution in [0.1, 0.15) is 37.0 Å². The second-order valence-electron chi connectivity index (χ2n) is 8.48. The Kier molecular flexibility index (Phi) is 6.72. The summed E-state index contributed by atoms with van der Waals surface area (Å²) in [5, 5.41) is 2.77. The van der Waals surface area contributed by atoms with Crippen molar-refractivity contribution in [2.45, 2.75) is 26.7 Å². The summed E-state index contributed by atoms with van der Waals surface area (Å²) >= 11 is 0. The zero-order chi connectivity index (χ0) is 23.4. The van der Waals surface area contributed by atoms with Crippen LogP contribution in [0, 0.1) is 11.8 Å². The molecule has 1 aromatic heterocycles. The second-order valence-corrected chi connectivity index (χ2v) is 8.48. The summed E-state index contributed by atoms with van der Waals surface area (Å²) in [5.74, 6) is -1.12. The van der Waals surface area contributed by atoms with Gasteiger partial charge in [-0.3, -0.25) is 14.4 Å². The Hall–Kier alpha value is -3.68. The third-order valence-corrected chi connectivity index (χ3v) is 5.73. The number of ether oxygens (including phenoxy) is 1. The van der Waals surface area contributed by atoms with Crippen LogP contribution in [0.25, 0.3) is 11.1 Å². The molecule has 4 rings (SSSR count). The number of amides is 1. The molecular formula is C25H27N3O5. The molecule has 8 heteroatoms. The normalized spacial score (nSPS) is 14.5. The van der Waals surface area contributed by atoms with E-state index < -0.39 is 0 Å². The first kappa shape index (κ1) is 22.5. The van der Waals surface area contributed by atoms with Crippen molar-refractivity contribution < 1.29 is 23.5 Å². The van der Waals surface area contributed by atoms with Gasteiger partial charge in [-0.25, -0.2) is 0 Å². The van der Waals surface area contributed by atoms with E-state index in [0.717, 1.165) is 11.1 Å². The number of rotatable bonds is 7. The van der Waals surface area contributed by atoms with E-state index >= 15 is 0 Å². The maximum absolute atomic E-state index is 12.5. The minimum atomic E-state index is -0.360. The maximum atomic E-state index is 12.5. The number of carbonyl (C=O) groups is 3. The number of benzene rings is 2. The number of nitrogens with one attached hydrogen (secondary N) is 1. The Morgan fingerprint density at radius 1 is 1.09 bits per heavy atom. The fourth-order valence-corrected chi connectivity index (χ4v) is 3.67. The molecule has 1 N–H and O–H groups in total. The smallest absolute Gasteiger partial charge is 0.309 e. The molecule has 0 atom stereocenters. The van der Waals surface area contributed by atoms with Gasteiger partial charge in [0, 0.05) is 30.3 Å². The van der Waals surface area contributed by atoms with E-state index in [2.05, 4.69) is 10.3 Å². The molecule has 0 radical (unpaired) electrons. The molecule has 0 saturated carbocycles. The highest BCUT2D eigenvalue weighted by atomic mass is 16.5. The van der Waals surface area contributed by atoms with Crippen molar-refractivity contribution in [1.82, 2.24) is 4.98 Å². The molecule has 2 aromatic carbocycles.